The molecule has 116 valence electrons. The molecule has 20 heavy (non-hydrogen) atoms. The average Bonchev–Trinajstić information content (AvgIpc) is 3.22. The van der Waals surface area contributed by atoms with Gasteiger partial charge in [-0.1, -0.05) is 6.42 Å². The van der Waals surface area contributed by atoms with Gasteiger partial charge in [-0.25, -0.2) is 0 Å². The summed E-state index contributed by atoms with van der Waals surface area (Å²) < 4.78 is 5.28. The van der Waals surface area contributed by atoms with E-state index in [4.69, 9.17) is 4.74 Å². The normalized spacial score (nSPS) is 27.1. The van der Waals surface area contributed by atoms with Gasteiger partial charge in [-0.3, -0.25) is 10.1 Å². The Bertz CT molecular complexity index is 330. The third-order valence-corrected chi connectivity index (χ3v) is 4.67. The number of nitrogens with zero attached hydrogens (tertiary/aromatic N) is 1. The van der Waals surface area contributed by atoms with Gasteiger partial charge in [-0.2, -0.15) is 0 Å². The van der Waals surface area contributed by atoms with Crippen LogP contribution in [0.1, 0.15) is 59.3 Å². The van der Waals surface area contributed by atoms with E-state index in [0.29, 0.717) is 18.7 Å². The van der Waals surface area contributed by atoms with Crippen molar-refractivity contribution in [1.82, 2.24) is 10.2 Å². The van der Waals surface area contributed by atoms with Crippen molar-refractivity contribution in [2.24, 2.45) is 0 Å². The maximum atomic E-state index is 12.3. The molecule has 4 heteroatoms. The van der Waals surface area contributed by atoms with Gasteiger partial charge in [-0.15, -0.1) is 0 Å². The van der Waals surface area contributed by atoms with Gasteiger partial charge < -0.3 is 9.64 Å². The smallest absolute Gasteiger partial charge is 0.326 e. The summed E-state index contributed by atoms with van der Waals surface area (Å²) in [4.78, 5) is 14.8. The number of carbonyl (C=O) groups is 1. The minimum absolute atomic E-state index is 0.0865. The quantitative estimate of drug-likeness (QED) is 0.728. The first-order valence-electron chi connectivity index (χ1n) is 8.24. The lowest BCUT2D eigenvalue weighted by atomic mass is 9.95. The minimum Gasteiger partial charge on any atom is -0.465 e. The molecule has 0 bridgehead atoms. The van der Waals surface area contributed by atoms with Crippen LogP contribution in [0.3, 0.4) is 0 Å². The van der Waals surface area contributed by atoms with Gasteiger partial charge in [0.1, 0.15) is 5.54 Å². The second-order valence-electron chi connectivity index (χ2n) is 6.60. The molecule has 1 saturated heterocycles. The number of piperidine rings is 1. The van der Waals surface area contributed by atoms with Gasteiger partial charge in [0.2, 0.25) is 0 Å². The third-order valence-electron chi connectivity index (χ3n) is 4.67. The Balaban J connectivity index is 1.90. The molecule has 2 fully saturated rings. The summed E-state index contributed by atoms with van der Waals surface area (Å²) in [6.07, 6.45) is 7.13. The number of esters is 1. The molecule has 1 aliphatic heterocycles. The van der Waals surface area contributed by atoms with Crippen molar-refractivity contribution in [2.45, 2.75) is 76.9 Å². The summed E-state index contributed by atoms with van der Waals surface area (Å²) in [6.45, 7) is 8.80. The van der Waals surface area contributed by atoms with Crippen LogP contribution in [0.15, 0.2) is 0 Å². The molecule has 0 aromatic heterocycles. The number of ether oxygens (including phenoxy) is 1. The topological polar surface area (TPSA) is 41.6 Å². The van der Waals surface area contributed by atoms with Crippen LogP contribution in [0.5, 0.6) is 0 Å². The lowest BCUT2D eigenvalue weighted by molar-refractivity contribution is -0.151. The molecule has 2 unspecified atom stereocenters. The fourth-order valence-electron chi connectivity index (χ4n) is 3.06. The summed E-state index contributed by atoms with van der Waals surface area (Å²) in [5.41, 5.74) is -0.520. The molecule has 2 atom stereocenters. The van der Waals surface area contributed by atoms with Crippen molar-refractivity contribution in [3.05, 3.63) is 0 Å². The van der Waals surface area contributed by atoms with E-state index in [0.717, 1.165) is 13.0 Å². The van der Waals surface area contributed by atoms with E-state index in [-0.39, 0.29) is 5.97 Å². The maximum Gasteiger partial charge on any atom is 0.326 e. The molecule has 0 amide bonds. The van der Waals surface area contributed by atoms with E-state index in [1.807, 2.05) is 13.8 Å². The third kappa shape index (κ3) is 4.19. The van der Waals surface area contributed by atoms with E-state index in [1.165, 1.54) is 38.6 Å². The van der Waals surface area contributed by atoms with Crippen molar-refractivity contribution in [3.63, 3.8) is 0 Å². The van der Waals surface area contributed by atoms with Crippen LogP contribution in [0.4, 0.5) is 0 Å². The number of nitrogens with one attached hydrogen (secondary N) is 1. The Hall–Kier alpha value is -0.610. The lowest BCUT2D eigenvalue weighted by Crippen LogP contribution is -2.54. The summed E-state index contributed by atoms with van der Waals surface area (Å²) >= 11 is 0. The Kier molecular flexibility index (Phi) is 5.44. The first kappa shape index (κ1) is 15.8. The molecule has 0 aromatic rings. The molecular weight excluding hydrogens is 252 g/mol. The van der Waals surface area contributed by atoms with Crippen molar-refractivity contribution < 1.29 is 9.53 Å². The van der Waals surface area contributed by atoms with Gasteiger partial charge in [0.05, 0.1) is 6.61 Å². The Morgan fingerprint density at radius 2 is 2.10 bits per heavy atom. The molecule has 0 radical (unpaired) electrons. The first-order chi connectivity index (χ1) is 9.55. The van der Waals surface area contributed by atoms with Crippen molar-refractivity contribution in [3.8, 4) is 0 Å². The van der Waals surface area contributed by atoms with Crippen molar-refractivity contribution in [2.75, 3.05) is 19.7 Å². The molecule has 1 N–H and O–H groups in total. The van der Waals surface area contributed by atoms with Gasteiger partial charge in [-0.05, 0) is 59.4 Å². The number of carbonyl (C=O) groups excluding carboxylic acids is 1. The summed E-state index contributed by atoms with van der Waals surface area (Å²) in [5.74, 6) is -0.0865. The standard InChI is InChI=1S/C16H30N2O2/c1-4-20-15(19)16(3,17-14-8-9-14)10-12-18-11-6-5-7-13(18)2/h13-14,17H,4-12H2,1-3H3. The fourth-order valence-corrected chi connectivity index (χ4v) is 3.06. The molecule has 0 spiro atoms. The Morgan fingerprint density at radius 3 is 2.70 bits per heavy atom. The maximum absolute atomic E-state index is 12.3. The monoisotopic (exact) mass is 282 g/mol. The second-order valence-corrected chi connectivity index (χ2v) is 6.60. The number of hydrogen-bond donors (Lipinski definition) is 1. The fraction of sp³-hybridized carbons (Fsp3) is 0.938. The SMILES string of the molecule is CCOC(=O)C(C)(CCN1CCCCC1C)NC1CC1. The number of rotatable bonds is 7. The van der Waals surface area contributed by atoms with Gasteiger partial charge in [0, 0.05) is 18.6 Å². The highest BCUT2D eigenvalue weighted by Crippen LogP contribution is 2.26. The Labute approximate surface area is 123 Å². The molecule has 1 heterocycles. The number of likely N-dealkylation sites (tertiary alicyclic amines) is 1. The zero-order chi connectivity index (χ0) is 14.6. The molecule has 2 rings (SSSR count). The molecular formula is C16H30N2O2. The summed E-state index contributed by atoms with van der Waals surface area (Å²) in [6, 6.07) is 1.17. The van der Waals surface area contributed by atoms with Crippen molar-refractivity contribution >= 4 is 5.97 Å². The summed E-state index contributed by atoms with van der Waals surface area (Å²) in [5, 5.41) is 3.51. The highest BCUT2D eigenvalue weighted by molar-refractivity contribution is 5.80. The molecule has 0 aromatic carbocycles. The lowest BCUT2D eigenvalue weighted by Gasteiger charge is -2.36. The average molecular weight is 282 g/mol. The van der Waals surface area contributed by atoms with Crippen LogP contribution in [0.25, 0.3) is 0 Å². The minimum atomic E-state index is -0.520. The van der Waals surface area contributed by atoms with Crippen LogP contribution in [0.2, 0.25) is 0 Å². The highest BCUT2D eigenvalue weighted by atomic mass is 16.5. The van der Waals surface area contributed by atoms with Crippen molar-refractivity contribution in [1.29, 1.82) is 0 Å². The van der Waals surface area contributed by atoms with E-state index >= 15 is 0 Å². The molecule has 1 aliphatic carbocycles. The van der Waals surface area contributed by atoms with Gasteiger partial charge in [0.25, 0.3) is 0 Å². The van der Waals surface area contributed by atoms with E-state index in [2.05, 4.69) is 17.1 Å². The molecule has 4 nitrogen and oxygen atoms in total. The zero-order valence-electron chi connectivity index (χ0n) is 13.3. The van der Waals surface area contributed by atoms with Gasteiger partial charge in [0.15, 0.2) is 0 Å². The number of hydrogen-bond acceptors (Lipinski definition) is 4. The van der Waals surface area contributed by atoms with E-state index in [1.54, 1.807) is 0 Å². The molecule has 2 aliphatic rings. The van der Waals surface area contributed by atoms with Crippen LogP contribution in [0, 0.1) is 0 Å². The van der Waals surface area contributed by atoms with Gasteiger partial charge >= 0.3 is 5.97 Å². The largest absolute Gasteiger partial charge is 0.465 e. The van der Waals surface area contributed by atoms with E-state index < -0.39 is 5.54 Å². The van der Waals surface area contributed by atoms with Crippen LogP contribution < -0.4 is 5.32 Å². The zero-order valence-corrected chi connectivity index (χ0v) is 13.3. The highest BCUT2D eigenvalue weighted by Gasteiger charge is 2.40. The van der Waals surface area contributed by atoms with Crippen LogP contribution in [-0.2, 0) is 9.53 Å². The van der Waals surface area contributed by atoms with Crippen LogP contribution in [-0.4, -0.2) is 48.2 Å². The van der Waals surface area contributed by atoms with E-state index in [9.17, 15) is 4.79 Å². The predicted octanol–water partition coefficient (Wildman–Crippen LogP) is 2.32. The Morgan fingerprint density at radius 1 is 1.35 bits per heavy atom. The first-order valence-corrected chi connectivity index (χ1v) is 8.24. The summed E-state index contributed by atoms with van der Waals surface area (Å²) in [7, 11) is 0. The second kappa shape index (κ2) is 6.90. The van der Waals surface area contributed by atoms with Crippen LogP contribution >= 0.6 is 0 Å². The predicted molar refractivity (Wildman–Crippen MR) is 80.7 cm³/mol. The molecule has 1 saturated carbocycles.